The Kier molecular flexibility index (Phi) is 4.57. The van der Waals surface area contributed by atoms with Gasteiger partial charge in [0.1, 0.15) is 0 Å². The summed E-state index contributed by atoms with van der Waals surface area (Å²) in [5.74, 6) is 1.99. The fourth-order valence-corrected chi connectivity index (χ4v) is 3.42. The zero-order chi connectivity index (χ0) is 14.7. The van der Waals surface area contributed by atoms with Gasteiger partial charge in [-0.1, -0.05) is 18.0 Å². The van der Waals surface area contributed by atoms with Gasteiger partial charge in [-0.15, -0.1) is 0 Å². The molecule has 2 N–H and O–H groups in total. The van der Waals surface area contributed by atoms with E-state index in [4.69, 9.17) is 4.52 Å². The maximum absolute atomic E-state index is 10.2. The SMILES string of the molecule is OC[C@@]1(O)CCCN(Cc2noc(C3CCCC3)n2)CC1. The lowest BCUT2D eigenvalue weighted by atomic mass is 9.96. The van der Waals surface area contributed by atoms with Crippen LogP contribution in [0.1, 0.15) is 62.6 Å². The lowest BCUT2D eigenvalue weighted by Crippen LogP contribution is -2.34. The molecule has 1 aromatic rings. The summed E-state index contributed by atoms with van der Waals surface area (Å²) in [6, 6.07) is 0. The lowest BCUT2D eigenvalue weighted by molar-refractivity contribution is -0.0255. The second kappa shape index (κ2) is 6.42. The van der Waals surface area contributed by atoms with E-state index in [1.807, 2.05) is 0 Å². The van der Waals surface area contributed by atoms with E-state index in [-0.39, 0.29) is 6.61 Å². The molecule has 0 radical (unpaired) electrons. The van der Waals surface area contributed by atoms with Crippen LogP contribution in [0.15, 0.2) is 4.52 Å². The van der Waals surface area contributed by atoms with Crippen molar-refractivity contribution in [1.82, 2.24) is 15.0 Å². The van der Waals surface area contributed by atoms with Crippen molar-refractivity contribution in [1.29, 1.82) is 0 Å². The molecular formula is C15H25N3O3. The van der Waals surface area contributed by atoms with Gasteiger partial charge in [0.05, 0.1) is 18.8 Å². The first-order chi connectivity index (χ1) is 10.2. The van der Waals surface area contributed by atoms with Gasteiger partial charge in [-0.3, -0.25) is 4.90 Å². The van der Waals surface area contributed by atoms with E-state index in [0.717, 1.165) is 44.1 Å². The molecule has 2 aliphatic rings. The Morgan fingerprint density at radius 1 is 1.19 bits per heavy atom. The fourth-order valence-electron chi connectivity index (χ4n) is 3.42. The summed E-state index contributed by atoms with van der Waals surface area (Å²) in [5, 5.41) is 23.5. The smallest absolute Gasteiger partial charge is 0.229 e. The van der Waals surface area contributed by atoms with Crippen molar-refractivity contribution in [2.24, 2.45) is 0 Å². The first-order valence-corrected chi connectivity index (χ1v) is 8.07. The molecule has 3 rings (SSSR count). The topological polar surface area (TPSA) is 82.6 Å². The van der Waals surface area contributed by atoms with Crippen LogP contribution in [0.25, 0.3) is 0 Å². The normalized spacial score (nSPS) is 28.9. The third kappa shape index (κ3) is 3.62. The van der Waals surface area contributed by atoms with Crippen molar-refractivity contribution in [2.75, 3.05) is 19.7 Å². The molecule has 2 fully saturated rings. The van der Waals surface area contributed by atoms with Crippen LogP contribution in [0.3, 0.4) is 0 Å². The molecule has 1 saturated heterocycles. The second-order valence-electron chi connectivity index (χ2n) is 6.54. The fraction of sp³-hybridized carbons (Fsp3) is 0.867. The Morgan fingerprint density at radius 3 is 2.76 bits per heavy atom. The molecule has 0 unspecified atom stereocenters. The largest absolute Gasteiger partial charge is 0.393 e. The molecule has 118 valence electrons. The van der Waals surface area contributed by atoms with Crippen LogP contribution in [0.4, 0.5) is 0 Å². The van der Waals surface area contributed by atoms with Crippen molar-refractivity contribution in [3.05, 3.63) is 11.7 Å². The molecule has 1 aliphatic heterocycles. The highest BCUT2D eigenvalue weighted by atomic mass is 16.5. The predicted octanol–water partition coefficient (Wildman–Crippen LogP) is 1.44. The van der Waals surface area contributed by atoms with Crippen LogP contribution >= 0.6 is 0 Å². The highest BCUT2D eigenvalue weighted by molar-refractivity contribution is 4.96. The monoisotopic (exact) mass is 295 g/mol. The number of rotatable bonds is 4. The first-order valence-electron chi connectivity index (χ1n) is 8.07. The maximum atomic E-state index is 10.2. The van der Waals surface area contributed by atoms with Gasteiger partial charge < -0.3 is 14.7 Å². The van der Waals surface area contributed by atoms with Crippen LogP contribution in [0, 0.1) is 0 Å². The van der Waals surface area contributed by atoms with E-state index >= 15 is 0 Å². The van der Waals surface area contributed by atoms with Crippen LogP contribution in [-0.2, 0) is 6.54 Å². The van der Waals surface area contributed by atoms with Crippen LogP contribution in [0.2, 0.25) is 0 Å². The summed E-state index contributed by atoms with van der Waals surface area (Å²) in [6.07, 6.45) is 6.97. The van der Waals surface area contributed by atoms with Gasteiger partial charge in [-0.2, -0.15) is 4.98 Å². The number of hydrogen-bond acceptors (Lipinski definition) is 6. The third-order valence-corrected chi connectivity index (χ3v) is 4.86. The van der Waals surface area contributed by atoms with Gasteiger partial charge in [0.2, 0.25) is 5.89 Å². The molecule has 0 bridgehead atoms. The zero-order valence-electron chi connectivity index (χ0n) is 12.5. The van der Waals surface area contributed by atoms with Crippen molar-refractivity contribution in [3.8, 4) is 0 Å². The molecule has 0 spiro atoms. The molecule has 2 heterocycles. The lowest BCUT2D eigenvalue weighted by Gasteiger charge is -2.23. The molecule has 21 heavy (non-hydrogen) atoms. The van der Waals surface area contributed by atoms with Crippen molar-refractivity contribution in [3.63, 3.8) is 0 Å². The van der Waals surface area contributed by atoms with E-state index in [9.17, 15) is 10.2 Å². The molecule has 1 aliphatic carbocycles. The molecule has 6 heteroatoms. The molecule has 0 aromatic carbocycles. The highest BCUT2D eigenvalue weighted by Crippen LogP contribution is 2.33. The van der Waals surface area contributed by atoms with E-state index in [2.05, 4.69) is 15.0 Å². The summed E-state index contributed by atoms with van der Waals surface area (Å²) in [6.45, 7) is 2.16. The summed E-state index contributed by atoms with van der Waals surface area (Å²) >= 11 is 0. The summed E-state index contributed by atoms with van der Waals surface area (Å²) in [7, 11) is 0. The van der Waals surface area contributed by atoms with E-state index in [0.29, 0.717) is 25.3 Å². The molecule has 1 saturated carbocycles. The Labute approximate surface area is 125 Å². The first kappa shape index (κ1) is 14.9. The number of aromatic nitrogens is 2. The standard InChI is InChI=1S/C15H25N3O3/c19-11-15(20)6-3-8-18(9-7-15)10-13-16-14(21-17-13)12-4-1-2-5-12/h12,19-20H,1-11H2/t15-/m1/s1. The average molecular weight is 295 g/mol. The Balaban J connectivity index is 1.56. The Bertz CT molecular complexity index is 459. The molecule has 1 atom stereocenters. The van der Waals surface area contributed by atoms with Crippen molar-refractivity contribution in [2.45, 2.75) is 63.0 Å². The number of nitrogens with zero attached hydrogens (tertiary/aromatic N) is 3. The zero-order valence-corrected chi connectivity index (χ0v) is 12.5. The number of aliphatic hydroxyl groups is 2. The van der Waals surface area contributed by atoms with Gasteiger partial charge in [0.25, 0.3) is 0 Å². The summed E-state index contributed by atoms with van der Waals surface area (Å²) in [5.41, 5.74) is -0.916. The van der Waals surface area contributed by atoms with Crippen LogP contribution in [0.5, 0.6) is 0 Å². The number of hydrogen-bond donors (Lipinski definition) is 2. The van der Waals surface area contributed by atoms with E-state index < -0.39 is 5.60 Å². The Hall–Kier alpha value is -0.980. The van der Waals surface area contributed by atoms with Gasteiger partial charge >= 0.3 is 0 Å². The summed E-state index contributed by atoms with van der Waals surface area (Å²) in [4.78, 5) is 6.78. The van der Waals surface area contributed by atoms with Crippen LogP contribution < -0.4 is 0 Å². The highest BCUT2D eigenvalue weighted by Gasteiger charge is 2.30. The second-order valence-corrected chi connectivity index (χ2v) is 6.54. The quantitative estimate of drug-likeness (QED) is 0.874. The van der Waals surface area contributed by atoms with Gasteiger partial charge in [-0.05, 0) is 38.6 Å². The number of likely N-dealkylation sites (tertiary alicyclic amines) is 1. The molecule has 6 nitrogen and oxygen atoms in total. The van der Waals surface area contributed by atoms with Crippen molar-refractivity contribution >= 4 is 0 Å². The van der Waals surface area contributed by atoms with Crippen LogP contribution in [-0.4, -0.2) is 50.6 Å². The minimum atomic E-state index is -0.916. The summed E-state index contributed by atoms with van der Waals surface area (Å²) < 4.78 is 5.41. The van der Waals surface area contributed by atoms with Crippen molar-refractivity contribution < 1.29 is 14.7 Å². The Morgan fingerprint density at radius 2 is 2.00 bits per heavy atom. The van der Waals surface area contributed by atoms with E-state index in [1.165, 1.54) is 12.8 Å². The average Bonchev–Trinajstić information content (AvgIpc) is 3.12. The molecule has 1 aromatic heterocycles. The third-order valence-electron chi connectivity index (χ3n) is 4.86. The van der Waals surface area contributed by atoms with Gasteiger partial charge in [-0.25, -0.2) is 0 Å². The maximum Gasteiger partial charge on any atom is 0.229 e. The van der Waals surface area contributed by atoms with Gasteiger partial charge in [0.15, 0.2) is 5.82 Å². The number of aliphatic hydroxyl groups excluding tert-OH is 1. The molecule has 0 amide bonds. The molecular weight excluding hydrogens is 270 g/mol. The van der Waals surface area contributed by atoms with Gasteiger partial charge in [0, 0.05) is 12.5 Å². The minimum absolute atomic E-state index is 0.158. The minimum Gasteiger partial charge on any atom is -0.393 e. The predicted molar refractivity (Wildman–Crippen MR) is 76.7 cm³/mol. The van der Waals surface area contributed by atoms with E-state index in [1.54, 1.807) is 0 Å².